The minimum absolute atomic E-state index is 0.0563. The lowest BCUT2D eigenvalue weighted by Gasteiger charge is -2.04. The Bertz CT molecular complexity index is 580. The lowest BCUT2D eigenvalue weighted by Crippen LogP contribution is -2.23. The first-order valence-electron chi connectivity index (χ1n) is 5.73. The number of nitrogens with zero attached hydrogens (tertiary/aromatic N) is 2. The number of aromatic nitrogens is 2. The maximum absolute atomic E-state index is 7.46. The van der Waals surface area contributed by atoms with Gasteiger partial charge in [-0.05, 0) is 31.5 Å². The summed E-state index contributed by atoms with van der Waals surface area (Å²) in [6.45, 7) is 3.85. The van der Waals surface area contributed by atoms with Crippen LogP contribution in [0.2, 0.25) is 0 Å². The molecule has 5 nitrogen and oxygen atoms in total. The van der Waals surface area contributed by atoms with Gasteiger partial charge in [0.25, 0.3) is 0 Å². The van der Waals surface area contributed by atoms with Crippen molar-refractivity contribution in [3.63, 3.8) is 0 Å². The Kier molecular flexibility index (Phi) is 3.06. The van der Waals surface area contributed by atoms with Gasteiger partial charge in [0.2, 0.25) is 5.96 Å². The van der Waals surface area contributed by atoms with Gasteiger partial charge >= 0.3 is 0 Å². The molecule has 0 aliphatic heterocycles. The highest BCUT2D eigenvalue weighted by Gasteiger charge is 2.13. The summed E-state index contributed by atoms with van der Waals surface area (Å²) in [5, 5.41) is 11.7. The lowest BCUT2D eigenvalue weighted by atomic mass is 10.0. The van der Waals surface area contributed by atoms with Crippen LogP contribution in [-0.4, -0.2) is 15.7 Å². The zero-order valence-corrected chi connectivity index (χ0v) is 10.6. The van der Waals surface area contributed by atoms with Crippen LogP contribution < -0.4 is 11.5 Å². The molecule has 2 rings (SSSR count). The molecule has 0 aliphatic rings. The molecule has 0 amide bonds. The molecular weight excluding hydrogens is 226 g/mol. The number of hydrogen-bond acceptors (Lipinski definition) is 3. The first-order valence-corrected chi connectivity index (χ1v) is 5.73. The fourth-order valence-electron chi connectivity index (χ4n) is 2.00. The normalized spacial score (nSPS) is 10.6. The van der Waals surface area contributed by atoms with Crippen LogP contribution in [0.15, 0.2) is 24.3 Å². The van der Waals surface area contributed by atoms with Crippen molar-refractivity contribution in [3.05, 3.63) is 46.8 Å². The predicted molar refractivity (Wildman–Crippen MR) is 72.7 cm³/mol. The van der Waals surface area contributed by atoms with E-state index >= 15 is 0 Å². The molecule has 0 fully saturated rings. The summed E-state index contributed by atoms with van der Waals surface area (Å²) < 4.78 is 1.46. The molecule has 0 radical (unpaired) electrons. The predicted octanol–water partition coefficient (Wildman–Crippen LogP) is 1.41. The number of benzene rings is 1. The molecule has 5 N–H and O–H groups in total. The Hall–Kier alpha value is -2.30. The summed E-state index contributed by atoms with van der Waals surface area (Å²) in [5.41, 5.74) is 16.0. The third kappa shape index (κ3) is 2.20. The molecule has 0 atom stereocenters. The molecule has 0 spiro atoms. The third-order valence-corrected chi connectivity index (χ3v) is 3.03. The van der Waals surface area contributed by atoms with E-state index < -0.39 is 0 Å². The number of nitrogens with one attached hydrogen (secondary N) is 1. The Labute approximate surface area is 106 Å². The SMILES string of the molecule is Cc1nn(C(=N)N)c(C)c1Cc1ccc(N)cc1. The molecule has 5 heteroatoms. The van der Waals surface area contributed by atoms with E-state index in [2.05, 4.69) is 5.10 Å². The largest absolute Gasteiger partial charge is 0.399 e. The molecule has 1 heterocycles. The molecule has 1 aromatic carbocycles. The topological polar surface area (TPSA) is 93.7 Å². The molecule has 1 aromatic heterocycles. The number of nitrogens with two attached hydrogens (primary N) is 2. The highest BCUT2D eigenvalue weighted by Crippen LogP contribution is 2.18. The van der Waals surface area contributed by atoms with E-state index in [1.165, 1.54) is 10.2 Å². The summed E-state index contributed by atoms with van der Waals surface area (Å²) in [7, 11) is 0. The summed E-state index contributed by atoms with van der Waals surface area (Å²) in [6.07, 6.45) is 0.769. The average Bonchev–Trinajstić information content (AvgIpc) is 2.60. The molecule has 0 aliphatic carbocycles. The minimum atomic E-state index is -0.0563. The first kappa shape index (κ1) is 12.2. The van der Waals surface area contributed by atoms with Gasteiger partial charge in [0.15, 0.2) is 0 Å². The van der Waals surface area contributed by atoms with Crippen LogP contribution in [0, 0.1) is 19.3 Å². The van der Waals surface area contributed by atoms with Gasteiger partial charge in [-0.1, -0.05) is 12.1 Å². The highest BCUT2D eigenvalue weighted by molar-refractivity contribution is 5.77. The summed E-state index contributed by atoms with van der Waals surface area (Å²) in [4.78, 5) is 0. The van der Waals surface area contributed by atoms with Crippen molar-refractivity contribution in [2.45, 2.75) is 20.3 Å². The molecule has 18 heavy (non-hydrogen) atoms. The number of aryl methyl sites for hydroxylation is 1. The zero-order chi connectivity index (χ0) is 13.3. The van der Waals surface area contributed by atoms with Crippen LogP contribution in [0.3, 0.4) is 0 Å². The maximum Gasteiger partial charge on any atom is 0.213 e. The Morgan fingerprint density at radius 1 is 1.28 bits per heavy atom. The van der Waals surface area contributed by atoms with Crippen LogP contribution in [0.1, 0.15) is 22.5 Å². The third-order valence-electron chi connectivity index (χ3n) is 3.03. The van der Waals surface area contributed by atoms with Crippen LogP contribution in [0.5, 0.6) is 0 Å². The molecule has 94 valence electrons. The van der Waals surface area contributed by atoms with Crippen molar-refractivity contribution in [1.82, 2.24) is 9.78 Å². The monoisotopic (exact) mass is 243 g/mol. The fourth-order valence-corrected chi connectivity index (χ4v) is 2.00. The first-order chi connectivity index (χ1) is 8.49. The smallest absolute Gasteiger partial charge is 0.213 e. The van der Waals surface area contributed by atoms with Gasteiger partial charge in [0.05, 0.1) is 5.69 Å². The van der Waals surface area contributed by atoms with Crippen molar-refractivity contribution in [2.24, 2.45) is 5.73 Å². The Balaban J connectivity index is 2.34. The standard InChI is InChI=1S/C13H17N5/c1-8-12(9(2)18(17-8)13(15)16)7-10-3-5-11(14)6-4-10/h3-6H,7,14H2,1-2H3,(H3,15,16). The van der Waals surface area contributed by atoms with Crippen molar-refractivity contribution >= 4 is 11.6 Å². The quantitative estimate of drug-likeness (QED) is 0.423. The van der Waals surface area contributed by atoms with E-state index in [0.717, 1.165) is 29.1 Å². The second-order valence-electron chi connectivity index (χ2n) is 4.36. The van der Waals surface area contributed by atoms with Crippen LogP contribution >= 0.6 is 0 Å². The number of nitrogen functional groups attached to an aromatic ring is 2. The molecular formula is C13H17N5. The molecule has 0 bridgehead atoms. The fraction of sp³-hybridized carbons (Fsp3) is 0.231. The maximum atomic E-state index is 7.46. The van der Waals surface area contributed by atoms with Crippen molar-refractivity contribution < 1.29 is 0 Å². The summed E-state index contributed by atoms with van der Waals surface area (Å²) in [6, 6.07) is 7.77. The number of hydrogen-bond donors (Lipinski definition) is 3. The van der Waals surface area contributed by atoms with E-state index in [1.807, 2.05) is 38.1 Å². The lowest BCUT2D eigenvalue weighted by molar-refractivity contribution is 0.862. The minimum Gasteiger partial charge on any atom is -0.399 e. The van der Waals surface area contributed by atoms with Gasteiger partial charge in [0.1, 0.15) is 0 Å². The van der Waals surface area contributed by atoms with E-state index in [0.29, 0.717) is 0 Å². The van der Waals surface area contributed by atoms with Crippen molar-refractivity contribution in [2.75, 3.05) is 5.73 Å². The Morgan fingerprint density at radius 2 is 1.89 bits per heavy atom. The van der Waals surface area contributed by atoms with Gasteiger partial charge in [-0.25, -0.2) is 4.68 Å². The summed E-state index contributed by atoms with van der Waals surface area (Å²) >= 11 is 0. The van der Waals surface area contributed by atoms with Crippen LogP contribution in [-0.2, 0) is 6.42 Å². The van der Waals surface area contributed by atoms with Gasteiger partial charge in [-0.15, -0.1) is 0 Å². The van der Waals surface area contributed by atoms with Crippen molar-refractivity contribution in [3.8, 4) is 0 Å². The van der Waals surface area contributed by atoms with E-state index in [9.17, 15) is 0 Å². The zero-order valence-electron chi connectivity index (χ0n) is 10.6. The second-order valence-corrected chi connectivity index (χ2v) is 4.36. The average molecular weight is 243 g/mol. The second kappa shape index (κ2) is 4.52. The molecule has 0 unspecified atom stereocenters. The number of anilines is 1. The van der Waals surface area contributed by atoms with Gasteiger partial charge in [-0.2, -0.15) is 5.10 Å². The Morgan fingerprint density at radius 3 is 2.39 bits per heavy atom. The summed E-state index contributed by atoms with van der Waals surface area (Å²) in [5.74, 6) is -0.0563. The number of rotatable bonds is 2. The van der Waals surface area contributed by atoms with Gasteiger partial charge in [-0.3, -0.25) is 5.41 Å². The van der Waals surface area contributed by atoms with E-state index in [4.69, 9.17) is 16.9 Å². The van der Waals surface area contributed by atoms with Crippen LogP contribution in [0.4, 0.5) is 5.69 Å². The van der Waals surface area contributed by atoms with Crippen molar-refractivity contribution in [1.29, 1.82) is 5.41 Å². The van der Waals surface area contributed by atoms with Gasteiger partial charge < -0.3 is 11.5 Å². The van der Waals surface area contributed by atoms with Gasteiger partial charge in [0, 0.05) is 23.4 Å². The van der Waals surface area contributed by atoms with Crippen LogP contribution in [0.25, 0.3) is 0 Å². The molecule has 0 saturated heterocycles. The highest BCUT2D eigenvalue weighted by atomic mass is 15.3. The molecule has 0 saturated carbocycles. The van der Waals surface area contributed by atoms with E-state index in [-0.39, 0.29) is 5.96 Å². The molecule has 2 aromatic rings. The van der Waals surface area contributed by atoms with E-state index in [1.54, 1.807) is 0 Å².